The van der Waals surface area contributed by atoms with Gasteiger partial charge in [-0.05, 0) is 43.3 Å². The van der Waals surface area contributed by atoms with E-state index in [2.05, 4.69) is 0 Å². The third kappa shape index (κ3) is 3.76. The van der Waals surface area contributed by atoms with Crippen LogP contribution in [-0.2, 0) is 19.6 Å². The summed E-state index contributed by atoms with van der Waals surface area (Å²) in [6.07, 6.45) is 0.0657. The summed E-state index contributed by atoms with van der Waals surface area (Å²) in [5.74, 6) is -1.08. The standard InChI is InChI=1S/C21H22FN3O4S/c1-15-2-8-18(9-3-15)30(28,29)24-12-10-23(11-13-24)19-14-20(26)25(21(19)27)17-6-4-16(22)5-7-17/h2-9,19H,10-14H2,1H3/p+1/t19-/m0/s1. The molecule has 158 valence electrons. The van der Waals surface area contributed by atoms with E-state index in [0.29, 0.717) is 18.8 Å². The molecule has 2 saturated heterocycles. The normalized spacial score (nSPS) is 21.4. The van der Waals surface area contributed by atoms with Gasteiger partial charge in [0.15, 0.2) is 6.04 Å². The predicted molar refractivity (Wildman–Crippen MR) is 108 cm³/mol. The number of aryl methyl sites for hydroxylation is 1. The summed E-state index contributed by atoms with van der Waals surface area (Å²) in [7, 11) is -3.59. The first-order valence-corrected chi connectivity index (χ1v) is 11.2. The zero-order valence-corrected chi connectivity index (χ0v) is 17.4. The Kier molecular flexibility index (Phi) is 5.44. The number of nitrogens with one attached hydrogen (secondary N) is 1. The van der Waals surface area contributed by atoms with Crippen molar-refractivity contribution >= 4 is 27.5 Å². The van der Waals surface area contributed by atoms with Crippen LogP contribution in [0.15, 0.2) is 53.4 Å². The van der Waals surface area contributed by atoms with Gasteiger partial charge >= 0.3 is 0 Å². The number of halogens is 1. The van der Waals surface area contributed by atoms with E-state index in [9.17, 15) is 22.4 Å². The minimum Gasteiger partial charge on any atom is -0.322 e. The second-order valence-corrected chi connectivity index (χ2v) is 9.61. The van der Waals surface area contributed by atoms with Crippen LogP contribution >= 0.6 is 0 Å². The van der Waals surface area contributed by atoms with E-state index in [4.69, 9.17) is 0 Å². The number of sulfonamides is 1. The molecular weight excluding hydrogens is 409 g/mol. The van der Waals surface area contributed by atoms with Gasteiger partial charge in [-0.15, -0.1) is 0 Å². The summed E-state index contributed by atoms with van der Waals surface area (Å²) in [5, 5.41) is 0. The predicted octanol–water partition coefficient (Wildman–Crippen LogP) is 0.355. The Morgan fingerprint density at radius 2 is 1.57 bits per heavy atom. The van der Waals surface area contributed by atoms with Gasteiger partial charge in [0.1, 0.15) is 5.82 Å². The van der Waals surface area contributed by atoms with Crippen LogP contribution in [-0.4, -0.2) is 56.8 Å². The zero-order valence-electron chi connectivity index (χ0n) is 16.5. The average Bonchev–Trinajstić information content (AvgIpc) is 3.03. The molecule has 0 unspecified atom stereocenters. The summed E-state index contributed by atoms with van der Waals surface area (Å²) in [6.45, 7) is 3.33. The molecule has 2 aliphatic rings. The Bertz CT molecular complexity index is 1060. The number of nitrogens with zero attached hydrogens (tertiary/aromatic N) is 2. The molecule has 2 heterocycles. The molecule has 2 fully saturated rings. The fourth-order valence-electron chi connectivity index (χ4n) is 4.03. The van der Waals surface area contributed by atoms with Gasteiger partial charge in [-0.2, -0.15) is 4.31 Å². The highest BCUT2D eigenvalue weighted by Crippen LogP contribution is 2.22. The number of anilines is 1. The number of quaternary nitrogens is 1. The molecule has 2 aliphatic heterocycles. The van der Waals surface area contributed by atoms with Crippen molar-refractivity contribution in [2.75, 3.05) is 31.1 Å². The summed E-state index contributed by atoms with van der Waals surface area (Å²) in [5.41, 5.74) is 1.34. The molecule has 0 spiro atoms. The van der Waals surface area contributed by atoms with Crippen LogP contribution in [0.4, 0.5) is 10.1 Å². The van der Waals surface area contributed by atoms with E-state index in [1.807, 2.05) is 6.92 Å². The van der Waals surface area contributed by atoms with Gasteiger partial charge in [0.05, 0.1) is 43.2 Å². The van der Waals surface area contributed by atoms with E-state index < -0.39 is 21.9 Å². The lowest BCUT2D eigenvalue weighted by atomic mass is 10.2. The van der Waals surface area contributed by atoms with Crippen molar-refractivity contribution in [2.24, 2.45) is 0 Å². The number of benzene rings is 2. The largest absolute Gasteiger partial charge is 0.322 e. The number of imide groups is 1. The summed E-state index contributed by atoms with van der Waals surface area (Å²) in [6, 6.07) is 11.4. The number of rotatable bonds is 4. The minimum atomic E-state index is -3.59. The highest BCUT2D eigenvalue weighted by Gasteiger charge is 2.47. The van der Waals surface area contributed by atoms with E-state index in [1.54, 1.807) is 24.3 Å². The average molecular weight is 432 g/mol. The molecule has 0 aromatic heterocycles. The van der Waals surface area contributed by atoms with Gasteiger partial charge in [-0.3, -0.25) is 9.59 Å². The molecule has 2 aromatic carbocycles. The second kappa shape index (κ2) is 7.90. The number of carbonyl (C=O) groups excluding carboxylic acids is 2. The Labute approximate surface area is 174 Å². The van der Waals surface area contributed by atoms with Gasteiger partial charge < -0.3 is 4.90 Å². The third-order valence-corrected chi connectivity index (χ3v) is 7.66. The van der Waals surface area contributed by atoms with Crippen LogP contribution in [0.25, 0.3) is 0 Å². The monoisotopic (exact) mass is 432 g/mol. The van der Waals surface area contributed by atoms with Crippen molar-refractivity contribution < 1.29 is 27.3 Å². The fourth-order valence-corrected chi connectivity index (χ4v) is 5.48. The van der Waals surface area contributed by atoms with Crippen molar-refractivity contribution in [1.82, 2.24) is 4.31 Å². The Morgan fingerprint density at radius 1 is 0.967 bits per heavy atom. The summed E-state index contributed by atoms with van der Waals surface area (Å²) >= 11 is 0. The minimum absolute atomic E-state index is 0.0657. The molecule has 2 aromatic rings. The topological polar surface area (TPSA) is 79.2 Å². The maximum Gasteiger partial charge on any atom is 0.292 e. The Balaban J connectivity index is 1.44. The third-order valence-electron chi connectivity index (χ3n) is 5.75. The van der Waals surface area contributed by atoms with Crippen LogP contribution in [0.5, 0.6) is 0 Å². The van der Waals surface area contributed by atoms with Crippen molar-refractivity contribution in [3.05, 3.63) is 59.9 Å². The number of carbonyl (C=O) groups is 2. The van der Waals surface area contributed by atoms with E-state index in [0.717, 1.165) is 15.4 Å². The van der Waals surface area contributed by atoms with E-state index >= 15 is 0 Å². The molecule has 0 aliphatic carbocycles. The fraction of sp³-hybridized carbons (Fsp3) is 0.333. The zero-order chi connectivity index (χ0) is 21.5. The van der Waals surface area contributed by atoms with Crippen molar-refractivity contribution in [1.29, 1.82) is 0 Å². The summed E-state index contributed by atoms with van der Waals surface area (Å²) in [4.78, 5) is 27.6. The molecule has 1 N–H and O–H groups in total. The number of piperazine rings is 1. The lowest BCUT2D eigenvalue weighted by Crippen LogP contribution is -3.19. The van der Waals surface area contributed by atoms with Gasteiger partial charge in [-0.25, -0.2) is 17.7 Å². The number of amides is 2. The van der Waals surface area contributed by atoms with Crippen LogP contribution in [0.2, 0.25) is 0 Å². The maximum atomic E-state index is 13.2. The van der Waals surface area contributed by atoms with Gasteiger partial charge in [0.25, 0.3) is 5.91 Å². The van der Waals surface area contributed by atoms with Crippen molar-refractivity contribution in [3.8, 4) is 0 Å². The van der Waals surface area contributed by atoms with Crippen LogP contribution in [0.1, 0.15) is 12.0 Å². The quantitative estimate of drug-likeness (QED) is 0.708. The van der Waals surface area contributed by atoms with Gasteiger partial charge in [-0.1, -0.05) is 17.7 Å². The van der Waals surface area contributed by atoms with E-state index in [-0.39, 0.29) is 36.2 Å². The Morgan fingerprint density at radius 3 is 2.17 bits per heavy atom. The lowest BCUT2D eigenvalue weighted by Gasteiger charge is -2.33. The SMILES string of the molecule is Cc1ccc(S(=O)(=O)N2CC[NH+]([C@H]3CC(=O)N(c4ccc(F)cc4)C3=O)CC2)cc1. The molecule has 0 bridgehead atoms. The first-order chi connectivity index (χ1) is 14.3. The van der Waals surface area contributed by atoms with Gasteiger partial charge in [0, 0.05) is 0 Å². The number of hydrogen-bond acceptors (Lipinski definition) is 4. The van der Waals surface area contributed by atoms with Crippen molar-refractivity contribution in [3.63, 3.8) is 0 Å². The van der Waals surface area contributed by atoms with Crippen LogP contribution < -0.4 is 9.80 Å². The molecule has 9 heteroatoms. The molecule has 2 amide bonds. The second-order valence-electron chi connectivity index (χ2n) is 7.68. The highest BCUT2D eigenvalue weighted by molar-refractivity contribution is 7.89. The smallest absolute Gasteiger partial charge is 0.292 e. The van der Waals surface area contributed by atoms with Crippen LogP contribution in [0, 0.1) is 12.7 Å². The van der Waals surface area contributed by atoms with Gasteiger partial charge in [0.2, 0.25) is 15.9 Å². The molecular formula is C21H23FN3O4S+. The Hall–Kier alpha value is -2.62. The molecule has 0 radical (unpaired) electrons. The molecule has 0 saturated carbocycles. The summed E-state index contributed by atoms with van der Waals surface area (Å²) < 4.78 is 40.3. The number of hydrogen-bond donors (Lipinski definition) is 1. The lowest BCUT2D eigenvalue weighted by molar-refractivity contribution is -0.918. The molecule has 30 heavy (non-hydrogen) atoms. The van der Waals surface area contributed by atoms with E-state index in [1.165, 1.54) is 28.6 Å². The molecule has 7 nitrogen and oxygen atoms in total. The molecule has 4 rings (SSSR count). The highest BCUT2D eigenvalue weighted by atomic mass is 32.2. The molecule has 1 atom stereocenters. The first-order valence-electron chi connectivity index (χ1n) is 9.81. The van der Waals surface area contributed by atoms with Crippen LogP contribution in [0.3, 0.4) is 0 Å². The maximum absolute atomic E-state index is 13.2. The van der Waals surface area contributed by atoms with Crippen molar-refractivity contribution in [2.45, 2.75) is 24.3 Å². The first kappa shape index (κ1) is 20.6.